The number of hydrogen-bond donors (Lipinski definition) is 1. The topological polar surface area (TPSA) is 111 Å². The lowest BCUT2D eigenvalue weighted by Crippen LogP contribution is -2.33. The highest BCUT2D eigenvalue weighted by Crippen LogP contribution is 2.35. The Hall–Kier alpha value is -4.69. The number of thioether (sulfide) groups is 1. The van der Waals surface area contributed by atoms with Gasteiger partial charge >= 0.3 is 12.1 Å². The smallest absolute Gasteiger partial charge is 0.416 e. The first-order valence-electron chi connectivity index (χ1n) is 12.4. The summed E-state index contributed by atoms with van der Waals surface area (Å²) in [5.74, 6) is -1.04. The van der Waals surface area contributed by atoms with Crippen LogP contribution in [-0.2, 0) is 22.4 Å². The van der Waals surface area contributed by atoms with Gasteiger partial charge in [-0.2, -0.15) is 13.2 Å². The molecule has 1 aliphatic rings. The van der Waals surface area contributed by atoms with Gasteiger partial charge < -0.3 is 14.6 Å². The summed E-state index contributed by atoms with van der Waals surface area (Å²) in [6, 6.07) is 15.6. The summed E-state index contributed by atoms with van der Waals surface area (Å²) in [5, 5.41) is 9.31. The number of nitrogens with zero attached hydrogens (tertiary/aromatic N) is 3. The summed E-state index contributed by atoms with van der Waals surface area (Å²) < 4.78 is 52.2. The Labute approximate surface area is 251 Å². The number of benzene rings is 3. The predicted molar refractivity (Wildman–Crippen MR) is 157 cm³/mol. The number of fused-ring (bicyclic) bond motifs is 1. The van der Waals surface area contributed by atoms with Crippen LogP contribution in [0.15, 0.2) is 76.4 Å². The molecule has 9 nitrogen and oxygen atoms in total. The number of rotatable bonds is 8. The Balaban J connectivity index is 1.45. The van der Waals surface area contributed by atoms with E-state index in [2.05, 4.69) is 4.98 Å². The number of alkyl halides is 3. The maximum atomic E-state index is 13.4. The summed E-state index contributed by atoms with van der Waals surface area (Å²) in [7, 11) is 1.41. The summed E-state index contributed by atoms with van der Waals surface area (Å²) in [4.78, 5) is 42.9. The fourth-order valence-corrected chi connectivity index (χ4v) is 5.55. The molecule has 1 aliphatic heterocycles. The quantitative estimate of drug-likeness (QED) is 0.206. The largest absolute Gasteiger partial charge is 0.493 e. The standard InChI is InChI=1S/C29H20F3N3O6S2/c1-40-22-12-16(13-23-27(39)34(14-25(36)37)28(42)43-23)6-11-21(22)41-15-24-33-20-5-3-2-4-19(20)26(38)35(24)18-9-7-17(8-10-18)29(30,31)32/h2-13H,14-15H2,1H3,(H,36,37)/b23-13+. The lowest BCUT2D eigenvalue weighted by atomic mass is 10.1. The van der Waals surface area contributed by atoms with E-state index in [0.29, 0.717) is 11.1 Å². The highest BCUT2D eigenvalue weighted by atomic mass is 32.2. The second kappa shape index (κ2) is 11.9. The molecule has 1 N–H and O–H groups in total. The third kappa shape index (κ3) is 6.24. The number of ether oxygens (including phenoxy) is 2. The Morgan fingerprint density at radius 3 is 2.47 bits per heavy atom. The molecular weight excluding hydrogens is 607 g/mol. The molecule has 2 heterocycles. The molecule has 220 valence electrons. The average Bonchev–Trinajstić information content (AvgIpc) is 3.23. The van der Waals surface area contributed by atoms with E-state index in [9.17, 15) is 27.6 Å². The van der Waals surface area contributed by atoms with E-state index < -0.39 is 35.7 Å². The van der Waals surface area contributed by atoms with Gasteiger partial charge in [-0.1, -0.05) is 42.2 Å². The maximum Gasteiger partial charge on any atom is 0.416 e. The summed E-state index contributed by atoms with van der Waals surface area (Å²) >= 11 is 6.10. The van der Waals surface area contributed by atoms with Crippen molar-refractivity contribution < 1.29 is 37.3 Å². The van der Waals surface area contributed by atoms with Gasteiger partial charge in [-0.3, -0.25) is 23.9 Å². The minimum Gasteiger partial charge on any atom is -0.493 e. The van der Waals surface area contributed by atoms with E-state index in [1.807, 2.05) is 0 Å². The van der Waals surface area contributed by atoms with Crippen molar-refractivity contribution in [2.24, 2.45) is 0 Å². The molecule has 1 amide bonds. The molecule has 0 saturated carbocycles. The van der Waals surface area contributed by atoms with Gasteiger partial charge in [-0.25, -0.2) is 4.98 Å². The van der Waals surface area contributed by atoms with Gasteiger partial charge in [0.2, 0.25) is 0 Å². The molecule has 14 heteroatoms. The van der Waals surface area contributed by atoms with Crippen LogP contribution in [-0.4, -0.2) is 49.4 Å². The molecule has 1 saturated heterocycles. The van der Waals surface area contributed by atoms with E-state index in [4.69, 9.17) is 26.8 Å². The first kappa shape index (κ1) is 29.8. The molecule has 0 atom stereocenters. The van der Waals surface area contributed by atoms with Crippen molar-refractivity contribution in [1.82, 2.24) is 14.5 Å². The SMILES string of the molecule is COc1cc(/C=C2/SC(=S)N(CC(=O)O)C2=O)ccc1OCc1nc2ccccc2c(=O)n1-c1ccc(C(F)(F)F)cc1. The van der Waals surface area contributed by atoms with Crippen LogP contribution in [0.4, 0.5) is 13.2 Å². The third-order valence-electron chi connectivity index (χ3n) is 6.31. The van der Waals surface area contributed by atoms with E-state index >= 15 is 0 Å². The number of hydrogen-bond acceptors (Lipinski definition) is 8. The highest BCUT2D eigenvalue weighted by molar-refractivity contribution is 8.26. The summed E-state index contributed by atoms with van der Waals surface area (Å²) in [5.41, 5.74) is -0.226. The predicted octanol–water partition coefficient (Wildman–Crippen LogP) is 5.28. The van der Waals surface area contributed by atoms with Crippen molar-refractivity contribution in [3.05, 3.63) is 98.9 Å². The van der Waals surface area contributed by atoms with E-state index in [1.54, 1.807) is 48.5 Å². The van der Waals surface area contributed by atoms with Crippen molar-refractivity contribution in [3.63, 3.8) is 0 Å². The Bertz CT molecular complexity index is 1860. The molecule has 5 rings (SSSR count). The summed E-state index contributed by atoms with van der Waals surface area (Å²) in [6.07, 6.45) is -3.00. The molecule has 0 unspecified atom stereocenters. The minimum atomic E-state index is -4.54. The molecular formula is C29H20F3N3O6S2. The number of carboxylic acid groups (broad SMARTS) is 1. The molecule has 0 bridgehead atoms. The number of thiocarbonyl (C=S) groups is 1. The van der Waals surface area contributed by atoms with Crippen molar-refractivity contribution in [2.75, 3.05) is 13.7 Å². The Morgan fingerprint density at radius 1 is 1.07 bits per heavy atom. The van der Waals surface area contributed by atoms with Crippen LogP contribution in [0.3, 0.4) is 0 Å². The fraction of sp³-hybridized carbons (Fsp3) is 0.138. The number of amides is 1. The number of aliphatic carboxylic acids is 1. The van der Waals surface area contributed by atoms with Crippen LogP contribution >= 0.6 is 24.0 Å². The van der Waals surface area contributed by atoms with Gasteiger partial charge in [0.1, 0.15) is 17.5 Å². The zero-order valence-corrected chi connectivity index (χ0v) is 23.8. The van der Waals surface area contributed by atoms with Crippen molar-refractivity contribution >= 4 is 57.2 Å². The van der Waals surface area contributed by atoms with Crippen LogP contribution in [0.5, 0.6) is 11.5 Å². The minimum absolute atomic E-state index is 0.132. The van der Waals surface area contributed by atoms with Crippen molar-refractivity contribution in [1.29, 1.82) is 0 Å². The van der Waals surface area contributed by atoms with Gasteiger partial charge in [0.15, 0.2) is 17.3 Å². The number of carbonyl (C=O) groups excluding carboxylic acids is 1. The molecule has 0 spiro atoms. The van der Waals surface area contributed by atoms with Crippen LogP contribution in [0, 0.1) is 0 Å². The first-order valence-corrected chi connectivity index (χ1v) is 13.6. The first-order chi connectivity index (χ1) is 20.5. The van der Waals surface area contributed by atoms with Crippen molar-refractivity contribution in [2.45, 2.75) is 12.8 Å². The zero-order valence-electron chi connectivity index (χ0n) is 22.1. The monoisotopic (exact) mass is 627 g/mol. The number of aromatic nitrogens is 2. The molecule has 4 aromatic rings. The fourth-order valence-electron chi connectivity index (χ4n) is 4.30. The van der Waals surface area contributed by atoms with E-state index in [-0.39, 0.29) is 44.2 Å². The van der Waals surface area contributed by atoms with Crippen LogP contribution < -0.4 is 15.0 Å². The summed E-state index contributed by atoms with van der Waals surface area (Å²) in [6.45, 7) is -0.789. The molecule has 1 fully saturated rings. The van der Waals surface area contributed by atoms with E-state index in [0.717, 1.165) is 28.8 Å². The number of carbonyl (C=O) groups is 2. The lowest BCUT2D eigenvalue weighted by molar-refractivity contribution is -0.140. The molecule has 1 aromatic heterocycles. The van der Waals surface area contributed by atoms with Gasteiger partial charge in [-0.05, 0) is 60.2 Å². The Kier molecular flexibility index (Phi) is 8.24. The van der Waals surface area contributed by atoms with Gasteiger partial charge in [0.25, 0.3) is 11.5 Å². The zero-order chi connectivity index (χ0) is 30.9. The van der Waals surface area contributed by atoms with Gasteiger partial charge in [0, 0.05) is 0 Å². The number of carboxylic acids is 1. The van der Waals surface area contributed by atoms with Crippen LogP contribution in [0.2, 0.25) is 0 Å². The van der Waals surface area contributed by atoms with E-state index in [1.165, 1.54) is 23.8 Å². The van der Waals surface area contributed by atoms with Crippen LogP contribution in [0.25, 0.3) is 22.7 Å². The lowest BCUT2D eigenvalue weighted by Gasteiger charge is -2.16. The molecule has 43 heavy (non-hydrogen) atoms. The van der Waals surface area contributed by atoms with Crippen molar-refractivity contribution in [3.8, 4) is 17.2 Å². The highest BCUT2D eigenvalue weighted by Gasteiger charge is 2.33. The van der Waals surface area contributed by atoms with Gasteiger partial charge in [0.05, 0.1) is 34.2 Å². The third-order valence-corrected chi connectivity index (χ3v) is 7.68. The maximum absolute atomic E-state index is 13.4. The number of methoxy groups -OCH3 is 1. The second-order valence-corrected chi connectivity index (χ2v) is 10.8. The average molecular weight is 628 g/mol. The number of halogens is 3. The van der Waals surface area contributed by atoms with Gasteiger partial charge in [-0.15, -0.1) is 0 Å². The number of para-hydroxylation sites is 1. The molecule has 0 radical (unpaired) electrons. The normalized spacial score (nSPS) is 14.5. The second-order valence-electron chi connectivity index (χ2n) is 9.09. The molecule has 3 aromatic carbocycles. The Morgan fingerprint density at radius 2 is 1.79 bits per heavy atom. The van der Waals surface area contributed by atoms with Crippen LogP contribution in [0.1, 0.15) is 17.0 Å². The molecule has 0 aliphatic carbocycles.